The lowest BCUT2D eigenvalue weighted by Gasteiger charge is -2.33. The standard InChI is InChI=1S/C20H20FN3O4/c21-14-3-1-13(2-4-14)19(24-7-9-27-10-8-24)20(26)22-15-5-6-16-17(11-15)28-12-18(25)23-16/h1-6,11,19H,7-10,12H2,(H,22,26)(H,23,25)/t19-/m0/s1. The smallest absolute Gasteiger partial charge is 0.262 e. The van der Waals surface area contributed by atoms with Gasteiger partial charge in [0.1, 0.15) is 17.6 Å². The van der Waals surface area contributed by atoms with E-state index >= 15 is 0 Å². The summed E-state index contributed by atoms with van der Waals surface area (Å²) in [5.41, 5.74) is 1.83. The van der Waals surface area contributed by atoms with Gasteiger partial charge < -0.3 is 20.1 Å². The van der Waals surface area contributed by atoms with E-state index in [9.17, 15) is 14.0 Å². The van der Waals surface area contributed by atoms with Gasteiger partial charge in [0.2, 0.25) is 5.91 Å². The lowest BCUT2D eigenvalue weighted by atomic mass is 10.0. The van der Waals surface area contributed by atoms with Gasteiger partial charge in [-0.2, -0.15) is 0 Å². The predicted octanol–water partition coefficient (Wildman–Crippen LogP) is 2.17. The van der Waals surface area contributed by atoms with Crippen molar-refractivity contribution in [1.82, 2.24) is 4.90 Å². The van der Waals surface area contributed by atoms with E-state index in [0.29, 0.717) is 49.0 Å². The van der Waals surface area contributed by atoms with Crippen molar-refractivity contribution in [2.24, 2.45) is 0 Å². The van der Waals surface area contributed by atoms with Crippen molar-refractivity contribution in [1.29, 1.82) is 0 Å². The molecule has 2 heterocycles. The zero-order chi connectivity index (χ0) is 19.5. The fourth-order valence-electron chi connectivity index (χ4n) is 3.37. The molecule has 1 atom stereocenters. The van der Waals surface area contributed by atoms with Gasteiger partial charge in [0.15, 0.2) is 6.61 Å². The molecule has 8 heteroatoms. The Kier molecular flexibility index (Phi) is 5.23. The zero-order valence-corrected chi connectivity index (χ0v) is 15.1. The highest BCUT2D eigenvalue weighted by atomic mass is 19.1. The lowest BCUT2D eigenvalue weighted by Crippen LogP contribution is -2.43. The molecular weight excluding hydrogens is 365 g/mol. The number of carbonyl (C=O) groups excluding carboxylic acids is 2. The van der Waals surface area contributed by atoms with Crippen LogP contribution < -0.4 is 15.4 Å². The maximum absolute atomic E-state index is 13.4. The van der Waals surface area contributed by atoms with Gasteiger partial charge in [-0.1, -0.05) is 12.1 Å². The normalized spacial score (nSPS) is 17.8. The molecule has 0 radical (unpaired) electrons. The van der Waals surface area contributed by atoms with Crippen LogP contribution in [0.3, 0.4) is 0 Å². The van der Waals surface area contributed by atoms with Crippen LogP contribution in [0.1, 0.15) is 11.6 Å². The molecule has 2 N–H and O–H groups in total. The summed E-state index contributed by atoms with van der Waals surface area (Å²) in [4.78, 5) is 26.5. The number of halogens is 1. The van der Waals surface area contributed by atoms with Crippen LogP contribution in [0.5, 0.6) is 5.75 Å². The van der Waals surface area contributed by atoms with E-state index in [2.05, 4.69) is 10.6 Å². The molecule has 4 rings (SSSR count). The number of fused-ring (bicyclic) bond motifs is 1. The second-order valence-corrected chi connectivity index (χ2v) is 6.64. The second kappa shape index (κ2) is 7.95. The Morgan fingerprint density at radius 1 is 1.14 bits per heavy atom. The number of hydrogen-bond acceptors (Lipinski definition) is 5. The number of nitrogens with zero attached hydrogens (tertiary/aromatic N) is 1. The summed E-state index contributed by atoms with van der Waals surface area (Å²) in [7, 11) is 0. The molecule has 0 aromatic heterocycles. The van der Waals surface area contributed by atoms with E-state index in [-0.39, 0.29) is 24.2 Å². The van der Waals surface area contributed by atoms with Crippen LogP contribution in [0.4, 0.5) is 15.8 Å². The molecule has 0 spiro atoms. The van der Waals surface area contributed by atoms with Crippen molar-refractivity contribution in [2.75, 3.05) is 43.5 Å². The number of ether oxygens (including phenoxy) is 2. The number of amides is 2. The predicted molar refractivity (Wildman–Crippen MR) is 101 cm³/mol. The summed E-state index contributed by atoms with van der Waals surface area (Å²) in [6, 6.07) is 10.4. The molecular formula is C20H20FN3O4. The Labute approximate surface area is 161 Å². The molecule has 2 aliphatic heterocycles. The minimum Gasteiger partial charge on any atom is -0.482 e. The van der Waals surface area contributed by atoms with Crippen molar-refractivity contribution in [3.05, 3.63) is 53.8 Å². The number of benzene rings is 2. The van der Waals surface area contributed by atoms with Crippen molar-refractivity contribution in [3.63, 3.8) is 0 Å². The summed E-state index contributed by atoms with van der Waals surface area (Å²) in [5, 5.41) is 5.62. The quantitative estimate of drug-likeness (QED) is 0.843. The minimum atomic E-state index is -0.568. The Hall–Kier alpha value is -2.97. The first-order valence-electron chi connectivity index (χ1n) is 9.05. The number of morpholine rings is 1. The summed E-state index contributed by atoms with van der Waals surface area (Å²) in [5.74, 6) is -0.290. The first-order valence-corrected chi connectivity index (χ1v) is 9.05. The van der Waals surface area contributed by atoms with Crippen LogP contribution in [0.2, 0.25) is 0 Å². The van der Waals surface area contributed by atoms with Crippen LogP contribution in [-0.4, -0.2) is 49.6 Å². The molecule has 0 aliphatic carbocycles. The van der Waals surface area contributed by atoms with Crippen LogP contribution in [0.15, 0.2) is 42.5 Å². The van der Waals surface area contributed by atoms with Gasteiger partial charge in [-0.25, -0.2) is 4.39 Å². The molecule has 146 valence electrons. The van der Waals surface area contributed by atoms with Crippen LogP contribution in [0.25, 0.3) is 0 Å². The average molecular weight is 385 g/mol. The number of rotatable bonds is 4. The highest BCUT2D eigenvalue weighted by Crippen LogP contribution is 2.31. The molecule has 2 aromatic rings. The first kappa shape index (κ1) is 18.4. The van der Waals surface area contributed by atoms with Crippen LogP contribution in [-0.2, 0) is 14.3 Å². The zero-order valence-electron chi connectivity index (χ0n) is 15.1. The van der Waals surface area contributed by atoms with Gasteiger partial charge >= 0.3 is 0 Å². The first-order chi connectivity index (χ1) is 13.6. The monoisotopic (exact) mass is 385 g/mol. The molecule has 1 fully saturated rings. The summed E-state index contributed by atoms with van der Waals surface area (Å²) in [6.07, 6.45) is 0. The van der Waals surface area contributed by atoms with Gasteiger partial charge in [-0.15, -0.1) is 0 Å². The highest BCUT2D eigenvalue weighted by Gasteiger charge is 2.29. The van der Waals surface area contributed by atoms with Gasteiger partial charge in [0.25, 0.3) is 5.91 Å². The van der Waals surface area contributed by atoms with E-state index in [0.717, 1.165) is 0 Å². The number of anilines is 2. The molecule has 7 nitrogen and oxygen atoms in total. The van der Waals surface area contributed by atoms with Gasteiger partial charge in [0.05, 0.1) is 18.9 Å². The third-order valence-electron chi connectivity index (χ3n) is 4.73. The van der Waals surface area contributed by atoms with Gasteiger partial charge in [-0.05, 0) is 29.8 Å². The fourth-order valence-corrected chi connectivity index (χ4v) is 3.37. The van der Waals surface area contributed by atoms with Crippen molar-refractivity contribution < 1.29 is 23.5 Å². The summed E-state index contributed by atoms with van der Waals surface area (Å²) in [6.45, 7) is 2.23. The molecule has 2 amide bonds. The number of hydrogen-bond donors (Lipinski definition) is 2. The number of carbonyl (C=O) groups is 2. The van der Waals surface area contributed by atoms with E-state index in [1.807, 2.05) is 4.90 Å². The molecule has 28 heavy (non-hydrogen) atoms. The Balaban J connectivity index is 1.57. The number of nitrogens with one attached hydrogen (secondary N) is 2. The van der Waals surface area contributed by atoms with Crippen LogP contribution in [0, 0.1) is 5.82 Å². The Morgan fingerprint density at radius 2 is 1.89 bits per heavy atom. The molecule has 0 saturated carbocycles. The van der Waals surface area contributed by atoms with Crippen molar-refractivity contribution >= 4 is 23.2 Å². The van der Waals surface area contributed by atoms with E-state index < -0.39 is 6.04 Å². The van der Waals surface area contributed by atoms with Crippen molar-refractivity contribution in [3.8, 4) is 5.75 Å². The average Bonchev–Trinajstić information content (AvgIpc) is 2.70. The fraction of sp³-hybridized carbons (Fsp3) is 0.300. The maximum Gasteiger partial charge on any atom is 0.262 e. The Bertz CT molecular complexity index is 882. The maximum atomic E-state index is 13.4. The van der Waals surface area contributed by atoms with Crippen LogP contribution >= 0.6 is 0 Å². The molecule has 0 unspecified atom stereocenters. The summed E-state index contributed by atoms with van der Waals surface area (Å²) >= 11 is 0. The summed E-state index contributed by atoms with van der Waals surface area (Å²) < 4.78 is 24.1. The molecule has 2 aromatic carbocycles. The van der Waals surface area contributed by atoms with Crippen molar-refractivity contribution in [2.45, 2.75) is 6.04 Å². The van der Waals surface area contributed by atoms with Gasteiger partial charge in [-0.3, -0.25) is 14.5 Å². The molecule has 2 aliphatic rings. The second-order valence-electron chi connectivity index (χ2n) is 6.64. The van der Waals surface area contributed by atoms with E-state index in [1.165, 1.54) is 12.1 Å². The third-order valence-corrected chi connectivity index (χ3v) is 4.73. The lowest BCUT2D eigenvalue weighted by molar-refractivity contribution is -0.123. The Morgan fingerprint density at radius 3 is 2.64 bits per heavy atom. The third kappa shape index (κ3) is 3.97. The van der Waals surface area contributed by atoms with E-state index in [1.54, 1.807) is 30.3 Å². The molecule has 1 saturated heterocycles. The SMILES string of the molecule is O=C1COc2cc(NC(=O)[C@H](c3ccc(F)cc3)N3CCOCC3)ccc2N1. The van der Waals surface area contributed by atoms with E-state index in [4.69, 9.17) is 9.47 Å². The largest absolute Gasteiger partial charge is 0.482 e. The topological polar surface area (TPSA) is 79.9 Å². The highest BCUT2D eigenvalue weighted by molar-refractivity contribution is 5.98. The van der Waals surface area contributed by atoms with Gasteiger partial charge in [0, 0.05) is 24.8 Å². The minimum absolute atomic E-state index is 0.0591. The molecule has 0 bridgehead atoms.